The molecule has 0 aliphatic heterocycles. The summed E-state index contributed by atoms with van der Waals surface area (Å²) < 4.78 is 5.33. The van der Waals surface area contributed by atoms with Crippen molar-refractivity contribution in [2.45, 2.75) is 20.3 Å². The molecular formula is C13H17NO3. The van der Waals surface area contributed by atoms with Crippen LogP contribution in [-0.2, 0) is 16.0 Å². The summed E-state index contributed by atoms with van der Waals surface area (Å²) in [7, 11) is 1.63. The van der Waals surface area contributed by atoms with Crippen molar-refractivity contribution in [1.82, 2.24) is 5.32 Å². The van der Waals surface area contributed by atoms with Crippen LogP contribution in [0.25, 0.3) is 0 Å². The fourth-order valence-electron chi connectivity index (χ4n) is 1.88. The largest absolute Gasteiger partial charge is 0.496 e. The molecule has 0 bridgehead atoms. The van der Waals surface area contributed by atoms with E-state index in [1.165, 1.54) is 0 Å². The van der Waals surface area contributed by atoms with Crippen LogP contribution in [0.2, 0.25) is 0 Å². The second kappa shape index (κ2) is 6.03. The highest BCUT2D eigenvalue weighted by molar-refractivity contribution is 6.23. The zero-order chi connectivity index (χ0) is 12.8. The highest BCUT2D eigenvalue weighted by Crippen LogP contribution is 2.25. The van der Waals surface area contributed by atoms with E-state index in [1.54, 1.807) is 7.11 Å². The molecule has 17 heavy (non-hydrogen) atoms. The molecule has 1 aromatic rings. The van der Waals surface area contributed by atoms with Crippen LogP contribution in [0.5, 0.6) is 5.75 Å². The molecule has 1 amide bonds. The Bertz CT molecular complexity index is 427. The molecule has 0 fully saturated rings. The van der Waals surface area contributed by atoms with Crippen molar-refractivity contribution >= 4 is 12.2 Å². The Morgan fingerprint density at radius 3 is 2.71 bits per heavy atom. The highest BCUT2D eigenvalue weighted by Gasteiger charge is 2.07. The average Bonchev–Trinajstić information content (AvgIpc) is 2.28. The normalized spacial score (nSPS) is 9.82. The van der Waals surface area contributed by atoms with E-state index in [0.717, 1.165) is 22.4 Å². The van der Waals surface area contributed by atoms with E-state index in [-0.39, 0.29) is 6.29 Å². The number of methoxy groups -OCH3 is 1. The van der Waals surface area contributed by atoms with E-state index < -0.39 is 5.91 Å². The van der Waals surface area contributed by atoms with Gasteiger partial charge in [-0.05, 0) is 31.4 Å². The quantitative estimate of drug-likeness (QED) is 0.615. The van der Waals surface area contributed by atoms with Gasteiger partial charge in [-0.2, -0.15) is 0 Å². The Labute approximate surface area is 101 Å². The standard InChI is InChI=1S/C13H17NO3/c1-9-6-10(2)13(17-3)11(7-9)4-5-14-12(16)8-15/h6-8H,4-5H2,1-3H3,(H,14,16). The predicted octanol–water partition coefficient (Wildman–Crippen LogP) is 1.17. The first-order chi connectivity index (χ1) is 8.08. The molecule has 0 atom stereocenters. The van der Waals surface area contributed by atoms with Gasteiger partial charge in [0.05, 0.1) is 7.11 Å². The summed E-state index contributed by atoms with van der Waals surface area (Å²) in [6.45, 7) is 4.43. The molecule has 0 aliphatic rings. The molecule has 0 aromatic heterocycles. The first kappa shape index (κ1) is 13.2. The molecule has 1 N–H and O–H groups in total. The minimum absolute atomic E-state index is 0.277. The molecule has 4 heteroatoms. The second-order valence-electron chi connectivity index (χ2n) is 3.93. The van der Waals surface area contributed by atoms with Crippen LogP contribution >= 0.6 is 0 Å². The van der Waals surface area contributed by atoms with Crippen LogP contribution in [0.3, 0.4) is 0 Å². The number of hydrogen-bond donors (Lipinski definition) is 1. The van der Waals surface area contributed by atoms with Gasteiger partial charge in [-0.1, -0.05) is 17.7 Å². The topological polar surface area (TPSA) is 55.4 Å². The maximum Gasteiger partial charge on any atom is 0.284 e. The lowest BCUT2D eigenvalue weighted by Crippen LogP contribution is -2.26. The van der Waals surface area contributed by atoms with Gasteiger partial charge >= 0.3 is 0 Å². The summed E-state index contributed by atoms with van der Waals surface area (Å²) in [5.74, 6) is 0.254. The number of amides is 1. The third kappa shape index (κ3) is 3.59. The minimum atomic E-state index is -0.589. The molecule has 0 spiro atoms. The van der Waals surface area contributed by atoms with Gasteiger partial charge in [0.2, 0.25) is 6.29 Å². The van der Waals surface area contributed by atoms with E-state index in [2.05, 4.69) is 5.32 Å². The Morgan fingerprint density at radius 2 is 2.12 bits per heavy atom. The minimum Gasteiger partial charge on any atom is -0.496 e. The SMILES string of the molecule is COc1c(C)cc(C)cc1CCNC(=O)C=O. The number of aldehydes is 1. The van der Waals surface area contributed by atoms with Gasteiger partial charge in [-0.15, -0.1) is 0 Å². The monoisotopic (exact) mass is 235 g/mol. The third-order valence-corrected chi connectivity index (χ3v) is 2.50. The number of rotatable bonds is 5. The molecule has 0 aliphatic carbocycles. The lowest BCUT2D eigenvalue weighted by molar-refractivity contribution is -0.131. The number of nitrogens with one attached hydrogen (secondary N) is 1. The van der Waals surface area contributed by atoms with E-state index in [9.17, 15) is 9.59 Å². The first-order valence-electron chi connectivity index (χ1n) is 5.45. The number of carbonyl (C=O) groups excluding carboxylic acids is 2. The smallest absolute Gasteiger partial charge is 0.284 e. The number of aryl methyl sites for hydroxylation is 2. The number of carbonyl (C=O) groups is 2. The van der Waals surface area contributed by atoms with Crippen LogP contribution in [0, 0.1) is 13.8 Å². The van der Waals surface area contributed by atoms with Crippen molar-refractivity contribution in [3.05, 3.63) is 28.8 Å². The third-order valence-electron chi connectivity index (χ3n) is 2.50. The molecule has 4 nitrogen and oxygen atoms in total. The number of hydrogen-bond acceptors (Lipinski definition) is 3. The van der Waals surface area contributed by atoms with Crippen molar-refractivity contribution in [3.8, 4) is 5.75 Å². The van der Waals surface area contributed by atoms with E-state index in [0.29, 0.717) is 13.0 Å². The van der Waals surface area contributed by atoms with Gasteiger partial charge in [0.1, 0.15) is 5.75 Å². The van der Waals surface area contributed by atoms with Crippen LogP contribution in [0.4, 0.5) is 0 Å². The number of benzene rings is 1. The number of ether oxygens (including phenoxy) is 1. The molecule has 1 rings (SSSR count). The van der Waals surface area contributed by atoms with Crippen molar-refractivity contribution < 1.29 is 14.3 Å². The molecule has 0 heterocycles. The summed E-state index contributed by atoms with van der Waals surface area (Å²) in [6.07, 6.45) is 0.921. The van der Waals surface area contributed by atoms with Crippen LogP contribution < -0.4 is 10.1 Å². The van der Waals surface area contributed by atoms with Crippen molar-refractivity contribution in [2.75, 3.05) is 13.7 Å². The summed E-state index contributed by atoms with van der Waals surface area (Å²) in [4.78, 5) is 20.9. The molecule has 0 saturated carbocycles. The van der Waals surface area contributed by atoms with E-state index in [4.69, 9.17) is 4.74 Å². The molecule has 1 aromatic carbocycles. The van der Waals surface area contributed by atoms with Gasteiger partial charge < -0.3 is 10.1 Å². The average molecular weight is 235 g/mol. The van der Waals surface area contributed by atoms with Gasteiger partial charge in [-0.25, -0.2) is 0 Å². The zero-order valence-electron chi connectivity index (χ0n) is 10.4. The Hall–Kier alpha value is -1.84. The summed E-state index contributed by atoms with van der Waals surface area (Å²) >= 11 is 0. The lowest BCUT2D eigenvalue weighted by Gasteiger charge is -2.12. The fraction of sp³-hybridized carbons (Fsp3) is 0.385. The van der Waals surface area contributed by atoms with Crippen LogP contribution in [0.1, 0.15) is 16.7 Å². The van der Waals surface area contributed by atoms with Crippen molar-refractivity contribution in [2.24, 2.45) is 0 Å². The Balaban J connectivity index is 2.76. The molecule has 0 unspecified atom stereocenters. The summed E-state index contributed by atoms with van der Waals surface area (Å²) in [5.41, 5.74) is 3.26. The maximum absolute atomic E-state index is 10.8. The zero-order valence-corrected chi connectivity index (χ0v) is 10.4. The maximum atomic E-state index is 10.8. The van der Waals surface area contributed by atoms with Gasteiger partial charge in [-0.3, -0.25) is 9.59 Å². The second-order valence-corrected chi connectivity index (χ2v) is 3.93. The van der Waals surface area contributed by atoms with Crippen LogP contribution in [0.15, 0.2) is 12.1 Å². The fourth-order valence-corrected chi connectivity index (χ4v) is 1.88. The molecule has 92 valence electrons. The van der Waals surface area contributed by atoms with Crippen molar-refractivity contribution in [1.29, 1.82) is 0 Å². The molecule has 0 saturated heterocycles. The Morgan fingerprint density at radius 1 is 1.41 bits per heavy atom. The Kier molecular flexibility index (Phi) is 4.69. The lowest BCUT2D eigenvalue weighted by atomic mass is 10.0. The summed E-state index contributed by atoms with van der Waals surface area (Å²) in [5, 5.41) is 2.51. The van der Waals surface area contributed by atoms with Gasteiger partial charge in [0, 0.05) is 6.54 Å². The van der Waals surface area contributed by atoms with Gasteiger partial charge in [0.25, 0.3) is 5.91 Å². The van der Waals surface area contributed by atoms with Crippen molar-refractivity contribution in [3.63, 3.8) is 0 Å². The van der Waals surface area contributed by atoms with Gasteiger partial charge in [0.15, 0.2) is 0 Å². The van der Waals surface area contributed by atoms with E-state index >= 15 is 0 Å². The first-order valence-corrected chi connectivity index (χ1v) is 5.45. The molecule has 0 radical (unpaired) electrons. The predicted molar refractivity (Wildman–Crippen MR) is 65.2 cm³/mol. The summed E-state index contributed by atoms with van der Waals surface area (Å²) in [6, 6.07) is 4.07. The van der Waals surface area contributed by atoms with E-state index in [1.807, 2.05) is 26.0 Å². The highest BCUT2D eigenvalue weighted by atomic mass is 16.5. The van der Waals surface area contributed by atoms with Crippen LogP contribution in [-0.4, -0.2) is 25.8 Å². The molecular weight excluding hydrogens is 218 g/mol.